The molecule has 15 heavy (non-hydrogen) atoms. The molecule has 88 valence electrons. The number of nitrogens with two attached hydrogens (primary N) is 1. The van der Waals surface area contributed by atoms with Gasteiger partial charge in [-0.3, -0.25) is 4.90 Å². The highest BCUT2D eigenvalue weighted by Gasteiger charge is 2.41. The summed E-state index contributed by atoms with van der Waals surface area (Å²) in [5, 5.41) is 0. The number of likely N-dealkylation sites (tertiary alicyclic amines) is 1. The van der Waals surface area contributed by atoms with Gasteiger partial charge >= 0.3 is 0 Å². The molecule has 2 N–H and O–H groups in total. The maximum absolute atomic E-state index is 6.03. The molecule has 2 heterocycles. The molecule has 0 unspecified atom stereocenters. The molecule has 2 rings (SSSR count). The topological polar surface area (TPSA) is 47.7 Å². The van der Waals surface area contributed by atoms with Gasteiger partial charge < -0.3 is 15.2 Å². The number of rotatable bonds is 2. The van der Waals surface area contributed by atoms with Gasteiger partial charge in [0, 0.05) is 18.5 Å². The van der Waals surface area contributed by atoms with E-state index in [9.17, 15) is 0 Å². The van der Waals surface area contributed by atoms with Crippen LogP contribution >= 0.6 is 0 Å². The predicted octanol–water partition coefficient (Wildman–Crippen LogP) is 0.563. The number of hydrogen-bond acceptors (Lipinski definition) is 4. The lowest BCUT2D eigenvalue weighted by Crippen LogP contribution is -2.54. The summed E-state index contributed by atoms with van der Waals surface area (Å²) in [6, 6.07) is 0. The van der Waals surface area contributed by atoms with Crippen LogP contribution in [-0.4, -0.2) is 49.1 Å². The molecular formula is C11H22N2O2. The highest BCUT2D eigenvalue weighted by molar-refractivity contribution is 4.87. The molecule has 0 saturated carbocycles. The van der Waals surface area contributed by atoms with E-state index >= 15 is 0 Å². The van der Waals surface area contributed by atoms with Gasteiger partial charge in [-0.15, -0.1) is 0 Å². The van der Waals surface area contributed by atoms with Crippen LogP contribution in [0.3, 0.4) is 0 Å². The third kappa shape index (κ3) is 2.91. The monoisotopic (exact) mass is 214 g/mol. The van der Waals surface area contributed by atoms with Gasteiger partial charge in [-0.05, 0) is 26.8 Å². The molecule has 0 aromatic heterocycles. The molecule has 4 heteroatoms. The van der Waals surface area contributed by atoms with Crippen molar-refractivity contribution in [1.29, 1.82) is 0 Å². The maximum atomic E-state index is 6.03. The van der Waals surface area contributed by atoms with E-state index in [1.807, 2.05) is 0 Å². The molecular weight excluding hydrogens is 192 g/mol. The minimum absolute atomic E-state index is 0.142. The van der Waals surface area contributed by atoms with Gasteiger partial charge in [0.05, 0.1) is 19.8 Å². The first kappa shape index (κ1) is 11.3. The number of ether oxygens (including phenoxy) is 2. The summed E-state index contributed by atoms with van der Waals surface area (Å²) in [4.78, 5) is 2.36. The fourth-order valence-corrected chi connectivity index (χ4v) is 2.51. The summed E-state index contributed by atoms with van der Waals surface area (Å²) in [5.74, 6) is -0.316. The second kappa shape index (κ2) is 4.01. The zero-order valence-corrected chi connectivity index (χ0v) is 9.79. The third-order valence-electron chi connectivity index (χ3n) is 2.94. The number of nitrogens with zero attached hydrogens (tertiary/aromatic N) is 1. The molecule has 2 aliphatic rings. The Kier molecular flexibility index (Phi) is 3.03. The van der Waals surface area contributed by atoms with E-state index in [4.69, 9.17) is 15.2 Å². The van der Waals surface area contributed by atoms with Gasteiger partial charge in [-0.2, -0.15) is 0 Å². The van der Waals surface area contributed by atoms with Crippen LogP contribution in [0.15, 0.2) is 0 Å². The molecule has 0 aliphatic carbocycles. The molecule has 0 bridgehead atoms. The van der Waals surface area contributed by atoms with E-state index in [-0.39, 0.29) is 11.3 Å². The Morgan fingerprint density at radius 2 is 2.00 bits per heavy atom. The van der Waals surface area contributed by atoms with Crippen LogP contribution in [0.2, 0.25) is 0 Å². The average Bonchev–Trinajstić information content (AvgIpc) is 2.50. The van der Waals surface area contributed by atoms with Crippen molar-refractivity contribution in [3.63, 3.8) is 0 Å². The SMILES string of the molecule is CC(C)(N)CN1CCCC2(C1)OCCO2. The highest BCUT2D eigenvalue weighted by atomic mass is 16.7. The number of piperidine rings is 1. The first-order chi connectivity index (χ1) is 6.99. The largest absolute Gasteiger partial charge is 0.346 e. The first-order valence-electron chi connectivity index (χ1n) is 5.78. The van der Waals surface area contributed by atoms with Crippen LogP contribution in [0.4, 0.5) is 0 Å². The van der Waals surface area contributed by atoms with E-state index in [0.717, 1.165) is 45.7 Å². The highest BCUT2D eigenvalue weighted by Crippen LogP contribution is 2.30. The van der Waals surface area contributed by atoms with Gasteiger partial charge in [-0.25, -0.2) is 0 Å². The van der Waals surface area contributed by atoms with Crippen molar-refractivity contribution in [2.75, 3.05) is 32.8 Å². The fraction of sp³-hybridized carbons (Fsp3) is 1.00. The Labute approximate surface area is 91.7 Å². The Hall–Kier alpha value is -0.160. The van der Waals surface area contributed by atoms with E-state index in [2.05, 4.69) is 18.7 Å². The molecule has 0 aromatic rings. The lowest BCUT2D eigenvalue weighted by Gasteiger charge is -2.40. The van der Waals surface area contributed by atoms with Crippen LogP contribution in [0.25, 0.3) is 0 Å². The minimum Gasteiger partial charge on any atom is -0.346 e. The van der Waals surface area contributed by atoms with Crippen molar-refractivity contribution in [3.8, 4) is 0 Å². The molecule has 0 radical (unpaired) electrons. The van der Waals surface area contributed by atoms with E-state index in [1.165, 1.54) is 0 Å². The normalized spacial score (nSPS) is 27.4. The van der Waals surface area contributed by atoms with Gasteiger partial charge in [0.25, 0.3) is 0 Å². The molecule has 1 spiro atoms. The van der Waals surface area contributed by atoms with E-state index in [0.29, 0.717) is 0 Å². The van der Waals surface area contributed by atoms with Gasteiger partial charge in [-0.1, -0.05) is 0 Å². The maximum Gasteiger partial charge on any atom is 0.181 e. The molecule has 2 fully saturated rings. The second-order valence-corrected chi connectivity index (χ2v) is 5.41. The Morgan fingerprint density at radius 1 is 1.33 bits per heavy atom. The molecule has 0 amide bonds. The van der Waals surface area contributed by atoms with Crippen molar-refractivity contribution < 1.29 is 9.47 Å². The van der Waals surface area contributed by atoms with Crippen LogP contribution < -0.4 is 5.73 Å². The zero-order chi connectivity index (χ0) is 10.9. The smallest absolute Gasteiger partial charge is 0.181 e. The van der Waals surface area contributed by atoms with Gasteiger partial charge in [0.1, 0.15) is 0 Å². The first-order valence-corrected chi connectivity index (χ1v) is 5.78. The lowest BCUT2D eigenvalue weighted by molar-refractivity contribution is -0.190. The van der Waals surface area contributed by atoms with Crippen molar-refractivity contribution in [3.05, 3.63) is 0 Å². The van der Waals surface area contributed by atoms with Crippen LogP contribution in [0.1, 0.15) is 26.7 Å². The minimum atomic E-state index is -0.316. The number of hydrogen-bond donors (Lipinski definition) is 1. The van der Waals surface area contributed by atoms with E-state index < -0.39 is 0 Å². The summed E-state index contributed by atoms with van der Waals surface area (Å²) in [6.07, 6.45) is 2.16. The van der Waals surface area contributed by atoms with Crippen molar-refractivity contribution in [1.82, 2.24) is 4.90 Å². The van der Waals surface area contributed by atoms with E-state index in [1.54, 1.807) is 0 Å². The van der Waals surface area contributed by atoms with Crippen LogP contribution in [0.5, 0.6) is 0 Å². The summed E-state index contributed by atoms with van der Waals surface area (Å²) in [5.41, 5.74) is 5.89. The molecule has 4 nitrogen and oxygen atoms in total. The van der Waals surface area contributed by atoms with Gasteiger partial charge in [0.2, 0.25) is 0 Å². The predicted molar refractivity (Wildman–Crippen MR) is 58.6 cm³/mol. The molecule has 0 atom stereocenters. The second-order valence-electron chi connectivity index (χ2n) is 5.41. The Bertz CT molecular complexity index is 219. The molecule has 2 aliphatic heterocycles. The Balaban J connectivity index is 1.92. The lowest BCUT2D eigenvalue weighted by atomic mass is 10.0. The standard InChI is InChI=1S/C11H22N2O2/c1-10(2,12)8-13-5-3-4-11(9-13)14-6-7-15-11/h3-9,12H2,1-2H3. The summed E-state index contributed by atoms with van der Waals surface area (Å²) in [7, 11) is 0. The molecule has 0 aromatic carbocycles. The zero-order valence-electron chi connectivity index (χ0n) is 9.79. The third-order valence-corrected chi connectivity index (χ3v) is 2.94. The Morgan fingerprint density at radius 3 is 2.60 bits per heavy atom. The van der Waals surface area contributed by atoms with Crippen molar-refractivity contribution in [2.45, 2.75) is 38.0 Å². The van der Waals surface area contributed by atoms with Crippen LogP contribution in [-0.2, 0) is 9.47 Å². The van der Waals surface area contributed by atoms with Crippen LogP contribution in [0, 0.1) is 0 Å². The van der Waals surface area contributed by atoms with Crippen molar-refractivity contribution in [2.24, 2.45) is 5.73 Å². The van der Waals surface area contributed by atoms with Crippen molar-refractivity contribution >= 4 is 0 Å². The average molecular weight is 214 g/mol. The fourth-order valence-electron chi connectivity index (χ4n) is 2.51. The van der Waals surface area contributed by atoms with Gasteiger partial charge in [0.15, 0.2) is 5.79 Å². The summed E-state index contributed by atoms with van der Waals surface area (Å²) < 4.78 is 11.4. The molecule has 2 saturated heterocycles. The summed E-state index contributed by atoms with van der Waals surface area (Å²) >= 11 is 0. The quantitative estimate of drug-likeness (QED) is 0.730. The summed E-state index contributed by atoms with van der Waals surface area (Å²) in [6.45, 7) is 8.47.